The fraction of sp³-hybridized carbons (Fsp3) is 0.462. The lowest BCUT2D eigenvalue weighted by Gasteiger charge is -2.12. The maximum atomic E-state index is 12.1. The van der Waals surface area contributed by atoms with Crippen LogP contribution in [0.4, 0.5) is 0 Å². The van der Waals surface area contributed by atoms with Crippen molar-refractivity contribution in [1.29, 1.82) is 0 Å². The van der Waals surface area contributed by atoms with Crippen molar-refractivity contribution in [1.82, 2.24) is 5.32 Å². The summed E-state index contributed by atoms with van der Waals surface area (Å²) in [5.74, 6) is 0.109. The number of carbonyl (C=O) groups excluding carboxylic acids is 1. The van der Waals surface area contributed by atoms with Crippen LogP contribution in [-0.4, -0.2) is 21.9 Å². The van der Waals surface area contributed by atoms with E-state index in [2.05, 4.69) is 5.32 Å². The molecule has 0 saturated heterocycles. The number of hydrogen-bond acceptors (Lipinski definition) is 2. The normalized spacial score (nSPS) is 13.9. The largest absolute Gasteiger partial charge is 0.355 e. The fourth-order valence-corrected chi connectivity index (χ4v) is 2.83. The second-order valence-electron chi connectivity index (χ2n) is 4.21. The van der Waals surface area contributed by atoms with Gasteiger partial charge in [-0.05, 0) is 31.0 Å². The van der Waals surface area contributed by atoms with Crippen molar-refractivity contribution in [2.75, 3.05) is 6.54 Å². The van der Waals surface area contributed by atoms with Crippen molar-refractivity contribution >= 4 is 39.9 Å². The van der Waals surface area contributed by atoms with Gasteiger partial charge in [-0.25, -0.2) is 0 Å². The number of nitrogens with one attached hydrogen (secondary N) is 1. The van der Waals surface area contributed by atoms with Gasteiger partial charge in [0.15, 0.2) is 0 Å². The number of rotatable bonds is 6. The summed E-state index contributed by atoms with van der Waals surface area (Å²) in [7, 11) is -1.28. The summed E-state index contributed by atoms with van der Waals surface area (Å²) in [6, 6.07) is 5.11. The monoisotopic (exact) mass is 321 g/mol. The lowest BCUT2D eigenvalue weighted by molar-refractivity contribution is -0.120. The maximum absolute atomic E-state index is 12.1. The molecule has 0 aromatic heterocycles. The molecule has 0 fully saturated rings. The minimum atomic E-state index is -1.28. The van der Waals surface area contributed by atoms with Crippen LogP contribution >= 0.6 is 23.2 Å². The van der Waals surface area contributed by atoms with Gasteiger partial charge in [0.1, 0.15) is 5.25 Å². The van der Waals surface area contributed by atoms with Gasteiger partial charge in [0.05, 0.1) is 10.0 Å². The first-order valence-electron chi connectivity index (χ1n) is 6.04. The molecule has 3 nitrogen and oxygen atoms in total. The van der Waals surface area contributed by atoms with E-state index in [1.165, 1.54) is 0 Å². The van der Waals surface area contributed by atoms with E-state index in [4.69, 9.17) is 23.2 Å². The number of amides is 1. The third-order valence-corrected chi connectivity index (χ3v) is 4.97. The molecule has 1 amide bonds. The summed E-state index contributed by atoms with van der Waals surface area (Å²) >= 11 is 11.7. The highest BCUT2D eigenvalue weighted by atomic mass is 35.5. The summed E-state index contributed by atoms with van der Waals surface area (Å²) in [5, 5.41) is 3.09. The van der Waals surface area contributed by atoms with E-state index in [1.54, 1.807) is 25.1 Å². The molecule has 1 aromatic carbocycles. The highest BCUT2D eigenvalue weighted by molar-refractivity contribution is 7.85. The Morgan fingerprint density at radius 3 is 2.63 bits per heavy atom. The van der Waals surface area contributed by atoms with Crippen LogP contribution in [-0.2, 0) is 21.3 Å². The standard InChI is InChI=1S/C13H17Cl2NO2S/c1-3-6-16-13(17)9(2)19(18)8-10-4-5-11(14)12(15)7-10/h4-5,7,9H,3,6,8H2,1-2H3,(H,16,17)/t9-,19+/m0/s1. The van der Waals surface area contributed by atoms with Crippen LogP contribution in [0, 0.1) is 0 Å². The predicted octanol–water partition coefficient (Wildman–Crippen LogP) is 3.16. The Balaban J connectivity index is 2.63. The molecule has 0 heterocycles. The summed E-state index contributed by atoms with van der Waals surface area (Å²) in [6.07, 6.45) is 0.859. The molecule has 0 radical (unpaired) electrons. The smallest absolute Gasteiger partial charge is 0.235 e. The van der Waals surface area contributed by atoms with Gasteiger partial charge in [0.25, 0.3) is 0 Å². The summed E-state index contributed by atoms with van der Waals surface area (Å²) in [6.45, 7) is 4.24. The molecular formula is C13H17Cl2NO2S. The van der Waals surface area contributed by atoms with Crippen LogP contribution in [0.3, 0.4) is 0 Å². The van der Waals surface area contributed by atoms with Gasteiger partial charge < -0.3 is 5.32 Å². The van der Waals surface area contributed by atoms with E-state index in [0.717, 1.165) is 12.0 Å². The van der Waals surface area contributed by atoms with Gasteiger partial charge in [-0.2, -0.15) is 0 Å². The number of halogens is 2. The first-order chi connectivity index (χ1) is 8.95. The highest BCUT2D eigenvalue weighted by Gasteiger charge is 2.19. The Bertz CT molecular complexity index is 480. The lowest BCUT2D eigenvalue weighted by atomic mass is 10.2. The van der Waals surface area contributed by atoms with E-state index >= 15 is 0 Å². The molecule has 0 spiro atoms. The molecule has 0 aliphatic heterocycles. The van der Waals surface area contributed by atoms with E-state index in [9.17, 15) is 9.00 Å². The minimum absolute atomic E-state index is 0.180. The van der Waals surface area contributed by atoms with Crippen LogP contribution in [0.1, 0.15) is 25.8 Å². The number of carbonyl (C=O) groups is 1. The maximum Gasteiger partial charge on any atom is 0.235 e. The van der Waals surface area contributed by atoms with Crippen molar-refractivity contribution in [2.24, 2.45) is 0 Å². The Morgan fingerprint density at radius 1 is 1.37 bits per heavy atom. The zero-order valence-electron chi connectivity index (χ0n) is 10.9. The SMILES string of the molecule is CCCNC(=O)[C@H](C)[S@](=O)Cc1ccc(Cl)c(Cl)c1. The van der Waals surface area contributed by atoms with Crippen LogP contribution in [0.25, 0.3) is 0 Å². The Morgan fingerprint density at radius 2 is 2.05 bits per heavy atom. The predicted molar refractivity (Wildman–Crippen MR) is 81.1 cm³/mol. The molecule has 0 aliphatic carbocycles. The fourth-order valence-electron chi connectivity index (χ4n) is 1.43. The topological polar surface area (TPSA) is 46.2 Å². The van der Waals surface area contributed by atoms with Crippen molar-refractivity contribution < 1.29 is 9.00 Å². The zero-order valence-corrected chi connectivity index (χ0v) is 13.2. The van der Waals surface area contributed by atoms with Gasteiger partial charge in [0.2, 0.25) is 5.91 Å². The average Bonchev–Trinajstić information content (AvgIpc) is 2.39. The molecule has 0 saturated carbocycles. The van der Waals surface area contributed by atoms with Gasteiger partial charge in [-0.3, -0.25) is 9.00 Å². The number of benzene rings is 1. The van der Waals surface area contributed by atoms with Crippen molar-refractivity contribution in [3.8, 4) is 0 Å². The molecular weight excluding hydrogens is 305 g/mol. The van der Waals surface area contributed by atoms with Gasteiger partial charge in [-0.15, -0.1) is 0 Å². The van der Waals surface area contributed by atoms with Gasteiger partial charge in [0, 0.05) is 23.1 Å². The lowest BCUT2D eigenvalue weighted by Crippen LogP contribution is -2.36. The molecule has 0 bridgehead atoms. The van der Waals surface area contributed by atoms with Gasteiger partial charge in [-0.1, -0.05) is 36.2 Å². The Labute approximate surface area is 126 Å². The minimum Gasteiger partial charge on any atom is -0.355 e. The van der Waals surface area contributed by atoms with E-state index in [0.29, 0.717) is 16.6 Å². The summed E-state index contributed by atoms with van der Waals surface area (Å²) < 4.78 is 12.1. The van der Waals surface area contributed by atoms with Crippen LogP contribution in [0.15, 0.2) is 18.2 Å². The molecule has 1 aromatic rings. The molecule has 0 unspecified atom stereocenters. The zero-order chi connectivity index (χ0) is 14.4. The van der Waals surface area contributed by atoms with E-state index < -0.39 is 16.0 Å². The van der Waals surface area contributed by atoms with Crippen molar-refractivity contribution in [3.63, 3.8) is 0 Å². The second kappa shape index (κ2) is 7.88. The van der Waals surface area contributed by atoms with Crippen LogP contribution < -0.4 is 5.32 Å². The molecule has 2 atom stereocenters. The quantitative estimate of drug-likeness (QED) is 0.874. The van der Waals surface area contributed by atoms with Crippen molar-refractivity contribution in [2.45, 2.75) is 31.3 Å². The van der Waals surface area contributed by atoms with Gasteiger partial charge >= 0.3 is 0 Å². The second-order valence-corrected chi connectivity index (χ2v) is 6.78. The molecule has 0 aliphatic rings. The van der Waals surface area contributed by atoms with Crippen LogP contribution in [0.2, 0.25) is 10.0 Å². The molecule has 1 rings (SSSR count). The van der Waals surface area contributed by atoms with Crippen LogP contribution in [0.5, 0.6) is 0 Å². The Kier molecular flexibility index (Phi) is 6.83. The summed E-state index contributed by atoms with van der Waals surface area (Å²) in [4.78, 5) is 11.7. The highest BCUT2D eigenvalue weighted by Crippen LogP contribution is 2.23. The third kappa shape index (κ3) is 5.13. The Hall–Kier alpha value is -0.580. The molecule has 6 heteroatoms. The van der Waals surface area contributed by atoms with Crippen molar-refractivity contribution in [3.05, 3.63) is 33.8 Å². The molecule has 106 valence electrons. The molecule has 1 N–H and O–H groups in total. The third-order valence-electron chi connectivity index (χ3n) is 2.61. The van der Waals surface area contributed by atoms with E-state index in [1.807, 2.05) is 6.92 Å². The molecule has 19 heavy (non-hydrogen) atoms. The average molecular weight is 322 g/mol. The summed E-state index contributed by atoms with van der Waals surface area (Å²) in [5.41, 5.74) is 0.808. The first-order valence-corrected chi connectivity index (χ1v) is 8.18. The van der Waals surface area contributed by atoms with E-state index in [-0.39, 0.29) is 11.7 Å². The number of hydrogen-bond donors (Lipinski definition) is 1. The first kappa shape index (κ1) is 16.5.